The van der Waals surface area contributed by atoms with Gasteiger partial charge >= 0.3 is 10.1 Å². The van der Waals surface area contributed by atoms with Crippen molar-refractivity contribution in [2.24, 2.45) is 0 Å². The van der Waals surface area contributed by atoms with Crippen molar-refractivity contribution in [1.29, 1.82) is 0 Å². The topological polar surface area (TPSA) is 72.9 Å². The smallest absolute Gasteiger partial charge is 0.306 e. The summed E-state index contributed by atoms with van der Waals surface area (Å²) in [7, 11) is -2.27. The van der Waals surface area contributed by atoms with Gasteiger partial charge in [-0.3, -0.25) is 4.79 Å². The highest BCUT2D eigenvalue weighted by Crippen LogP contribution is 2.30. The third-order valence-electron chi connectivity index (χ3n) is 3.95. The molecular weight excluding hydrogens is 378 g/mol. The van der Waals surface area contributed by atoms with Gasteiger partial charge in [-0.2, -0.15) is 8.42 Å². The third kappa shape index (κ3) is 6.42. The van der Waals surface area contributed by atoms with Gasteiger partial charge in [0.05, 0.1) is 13.4 Å². The number of amides is 1. The minimum atomic E-state index is -3.70. The van der Waals surface area contributed by atoms with Crippen LogP contribution < -0.4 is 8.92 Å². The van der Waals surface area contributed by atoms with Crippen molar-refractivity contribution in [2.75, 3.05) is 13.4 Å². The molecule has 0 fully saturated rings. The Kier molecular flexibility index (Phi) is 7.23. The molecule has 2 aromatic carbocycles. The molecule has 0 unspecified atom stereocenters. The van der Waals surface area contributed by atoms with E-state index >= 15 is 0 Å². The molecule has 0 atom stereocenters. The zero-order valence-electron chi connectivity index (χ0n) is 16.5. The SMILES string of the molecule is COc1ccc(CN(C(=O)C=Cc2ccccc2)C(C)C)cc1OS(C)(=O)=O. The van der Waals surface area contributed by atoms with Gasteiger partial charge in [0, 0.05) is 18.7 Å². The molecule has 0 aliphatic heterocycles. The Labute approximate surface area is 166 Å². The molecule has 0 radical (unpaired) electrons. The second kappa shape index (κ2) is 9.41. The molecule has 6 nitrogen and oxygen atoms in total. The maximum absolute atomic E-state index is 12.7. The van der Waals surface area contributed by atoms with E-state index in [0.717, 1.165) is 17.4 Å². The fourth-order valence-corrected chi connectivity index (χ4v) is 3.04. The maximum Gasteiger partial charge on any atom is 0.306 e. The van der Waals surface area contributed by atoms with Crippen LogP contribution in [0, 0.1) is 0 Å². The Bertz CT molecular complexity index is 937. The molecule has 0 saturated carbocycles. The Morgan fingerprint density at radius 2 is 1.79 bits per heavy atom. The van der Waals surface area contributed by atoms with Crippen LogP contribution in [0.15, 0.2) is 54.6 Å². The van der Waals surface area contributed by atoms with Crippen molar-refractivity contribution in [3.05, 3.63) is 65.7 Å². The molecule has 0 aliphatic rings. The fraction of sp³-hybridized carbons (Fsp3) is 0.286. The van der Waals surface area contributed by atoms with E-state index in [1.807, 2.05) is 44.2 Å². The molecule has 0 heterocycles. The average Bonchev–Trinajstić information content (AvgIpc) is 2.63. The molecule has 0 bridgehead atoms. The summed E-state index contributed by atoms with van der Waals surface area (Å²) >= 11 is 0. The van der Waals surface area contributed by atoms with Crippen molar-refractivity contribution >= 4 is 22.1 Å². The highest BCUT2D eigenvalue weighted by molar-refractivity contribution is 7.86. The Balaban J connectivity index is 2.22. The second-order valence-corrected chi connectivity index (χ2v) is 8.15. The number of nitrogens with zero attached hydrogens (tertiary/aromatic N) is 1. The summed E-state index contributed by atoms with van der Waals surface area (Å²) in [5, 5.41) is 0. The molecular formula is C21H25NO5S. The lowest BCUT2D eigenvalue weighted by Gasteiger charge is -2.26. The molecule has 2 aromatic rings. The lowest BCUT2D eigenvalue weighted by molar-refractivity contribution is -0.128. The van der Waals surface area contributed by atoms with E-state index in [1.165, 1.54) is 13.2 Å². The van der Waals surface area contributed by atoms with Crippen LogP contribution in [0.5, 0.6) is 11.5 Å². The summed E-state index contributed by atoms with van der Waals surface area (Å²) in [5.74, 6) is 0.263. The lowest BCUT2D eigenvalue weighted by Crippen LogP contribution is -2.35. The molecule has 1 amide bonds. The van der Waals surface area contributed by atoms with E-state index in [4.69, 9.17) is 8.92 Å². The number of ether oxygens (including phenoxy) is 1. The van der Waals surface area contributed by atoms with Crippen LogP contribution in [-0.4, -0.2) is 38.6 Å². The van der Waals surface area contributed by atoms with Gasteiger partial charge in [0.2, 0.25) is 5.91 Å². The summed E-state index contributed by atoms with van der Waals surface area (Å²) in [6.45, 7) is 4.15. The number of rotatable bonds is 8. The van der Waals surface area contributed by atoms with Gasteiger partial charge in [0.25, 0.3) is 0 Å². The normalized spacial score (nSPS) is 11.6. The first-order chi connectivity index (χ1) is 13.2. The molecule has 0 saturated heterocycles. The third-order valence-corrected chi connectivity index (χ3v) is 4.43. The van der Waals surface area contributed by atoms with Gasteiger partial charge in [-0.15, -0.1) is 0 Å². The second-order valence-electron chi connectivity index (χ2n) is 6.58. The van der Waals surface area contributed by atoms with Crippen LogP contribution in [0.3, 0.4) is 0 Å². The summed E-state index contributed by atoms with van der Waals surface area (Å²) in [5.41, 5.74) is 1.67. The average molecular weight is 404 g/mol. The van der Waals surface area contributed by atoms with E-state index in [0.29, 0.717) is 12.3 Å². The minimum absolute atomic E-state index is 0.0469. The largest absolute Gasteiger partial charge is 0.493 e. The summed E-state index contributed by atoms with van der Waals surface area (Å²) in [6, 6.07) is 14.5. The molecule has 2 rings (SSSR count). The monoisotopic (exact) mass is 403 g/mol. The Hall–Kier alpha value is -2.80. The molecule has 0 N–H and O–H groups in total. The first-order valence-electron chi connectivity index (χ1n) is 8.79. The predicted octanol–water partition coefficient (Wildman–Crippen LogP) is 3.48. The predicted molar refractivity (Wildman–Crippen MR) is 110 cm³/mol. The number of carbonyl (C=O) groups excluding carboxylic acids is 1. The van der Waals surface area contributed by atoms with E-state index in [2.05, 4.69) is 0 Å². The minimum Gasteiger partial charge on any atom is -0.493 e. The summed E-state index contributed by atoms with van der Waals surface area (Å²) in [6.07, 6.45) is 4.27. The van der Waals surface area contributed by atoms with Crippen LogP contribution in [0.4, 0.5) is 0 Å². The van der Waals surface area contributed by atoms with Crippen LogP contribution in [0.2, 0.25) is 0 Å². The Morgan fingerprint density at radius 1 is 1.11 bits per heavy atom. The van der Waals surface area contributed by atoms with Crippen LogP contribution in [-0.2, 0) is 21.5 Å². The molecule has 28 heavy (non-hydrogen) atoms. The van der Waals surface area contributed by atoms with Crippen molar-refractivity contribution in [1.82, 2.24) is 4.90 Å². The molecule has 0 spiro atoms. The standard InChI is InChI=1S/C21H25NO5S/c1-16(2)22(21(23)13-11-17-8-6-5-7-9-17)15-18-10-12-19(26-3)20(14-18)27-28(4,24)25/h5-14,16H,15H2,1-4H3. The first-order valence-corrected chi connectivity index (χ1v) is 10.6. The van der Waals surface area contributed by atoms with E-state index in [9.17, 15) is 13.2 Å². The number of hydrogen-bond acceptors (Lipinski definition) is 5. The molecule has 0 aromatic heterocycles. The van der Waals surface area contributed by atoms with Crippen molar-refractivity contribution in [3.8, 4) is 11.5 Å². The van der Waals surface area contributed by atoms with E-state index in [-0.39, 0.29) is 17.7 Å². The van der Waals surface area contributed by atoms with Crippen molar-refractivity contribution < 1.29 is 22.1 Å². The van der Waals surface area contributed by atoms with Gasteiger partial charge in [0.15, 0.2) is 11.5 Å². The molecule has 150 valence electrons. The number of carbonyl (C=O) groups is 1. The van der Waals surface area contributed by atoms with Crippen LogP contribution >= 0.6 is 0 Å². The van der Waals surface area contributed by atoms with Crippen LogP contribution in [0.1, 0.15) is 25.0 Å². The van der Waals surface area contributed by atoms with Gasteiger partial charge in [-0.25, -0.2) is 0 Å². The summed E-state index contributed by atoms with van der Waals surface area (Å²) in [4.78, 5) is 14.4. The number of benzene rings is 2. The van der Waals surface area contributed by atoms with E-state index in [1.54, 1.807) is 29.2 Å². The van der Waals surface area contributed by atoms with Gasteiger partial charge in [-0.05, 0) is 43.2 Å². The van der Waals surface area contributed by atoms with E-state index < -0.39 is 10.1 Å². The number of methoxy groups -OCH3 is 1. The lowest BCUT2D eigenvalue weighted by atomic mass is 10.1. The maximum atomic E-state index is 12.7. The van der Waals surface area contributed by atoms with Crippen molar-refractivity contribution in [2.45, 2.75) is 26.4 Å². The fourth-order valence-electron chi connectivity index (χ4n) is 2.59. The van der Waals surface area contributed by atoms with Gasteiger partial charge in [-0.1, -0.05) is 36.4 Å². The molecule has 0 aliphatic carbocycles. The quantitative estimate of drug-likeness (QED) is 0.498. The number of hydrogen-bond donors (Lipinski definition) is 0. The van der Waals surface area contributed by atoms with Crippen molar-refractivity contribution in [3.63, 3.8) is 0 Å². The highest BCUT2D eigenvalue weighted by Gasteiger charge is 2.17. The van der Waals surface area contributed by atoms with Gasteiger partial charge in [0.1, 0.15) is 0 Å². The summed E-state index contributed by atoms with van der Waals surface area (Å²) < 4.78 is 33.1. The van der Waals surface area contributed by atoms with Crippen LogP contribution in [0.25, 0.3) is 6.08 Å². The Morgan fingerprint density at radius 3 is 2.36 bits per heavy atom. The molecule has 7 heteroatoms. The zero-order valence-corrected chi connectivity index (χ0v) is 17.3. The highest BCUT2D eigenvalue weighted by atomic mass is 32.2. The first kappa shape index (κ1) is 21.5. The zero-order chi connectivity index (χ0) is 20.7. The van der Waals surface area contributed by atoms with Gasteiger partial charge < -0.3 is 13.8 Å².